The molecule has 9 nitrogen and oxygen atoms in total. The summed E-state index contributed by atoms with van der Waals surface area (Å²) in [5, 5.41) is 6.26. The van der Waals surface area contributed by atoms with E-state index in [0.717, 1.165) is 24.6 Å². The van der Waals surface area contributed by atoms with Crippen molar-refractivity contribution in [3.8, 4) is 0 Å². The number of likely N-dealkylation sites (N-methyl/N-ethyl adjacent to an activating group) is 1. The molecule has 1 aromatic carbocycles. The summed E-state index contributed by atoms with van der Waals surface area (Å²) in [7, 11) is 3.95. The van der Waals surface area contributed by atoms with Crippen LogP contribution in [0.25, 0.3) is 0 Å². The average Bonchev–Trinajstić information content (AvgIpc) is 2.77. The highest BCUT2D eigenvalue weighted by molar-refractivity contribution is 5.94. The van der Waals surface area contributed by atoms with Gasteiger partial charge in [0.15, 0.2) is 5.96 Å². The first-order chi connectivity index (χ1) is 14.9. The maximum Gasteiger partial charge on any atom is 0.409 e. The summed E-state index contributed by atoms with van der Waals surface area (Å²) in [6.07, 6.45) is -0.259. The number of piperazine rings is 1. The molecule has 1 fully saturated rings. The van der Waals surface area contributed by atoms with Crippen LogP contribution in [-0.2, 0) is 11.3 Å². The van der Waals surface area contributed by atoms with Gasteiger partial charge >= 0.3 is 6.09 Å². The second kappa shape index (κ2) is 12.8. The summed E-state index contributed by atoms with van der Waals surface area (Å²) >= 11 is 0. The molecule has 0 bridgehead atoms. The van der Waals surface area contributed by atoms with Crippen LogP contribution in [0.1, 0.15) is 29.8 Å². The molecule has 0 aromatic heterocycles. The average molecular weight is 433 g/mol. The van der Waals surface area contributed by atoms with Gasteiger partial charge in [0, 0.05) is 51.4 Å². The second-order valence-corrected chi connectivity index (χ2v) is 7.60. The number of nitrogens with zero attached hydrogens (tertiary/aromatic N) is 4. The number of carbonyl (C=O) groups is 2. The number of ether oxygens (including phenoxy) is 1. The minimum absolute atomic E-state index is 0.0744. The monoisotopic (exact) mass is 432 g/mol. The molecule has 1 heterocycles. The number of carbonyl (C=O) groups excluding carboxylic acids is 2. The van der Waals surface area contributed by atoms with Crippen molar-refractivity contribution in [1.29, 1.82) is 0 Å². The molecule has 2 rings (SSSR count). The fraction of sp³-hybridized carbons (Fsp3) is 0.591. The number of nitrogens with one attached hydrogen (secondary N) is 2. The molecule has 0 radical (unpaired) electrons. The number of hydrogen-bond acceptors (Lipinski definition) is 5. The largest absolute Gasteiger partial charge is 0.450 e. The molecule has 0 aliphatic carbocycles. The molecule has 1 saturated heterocycles. The van der Waals surface area contributed by atoms with Crippen molar-refractivity contribution in [2.75, 3.05) is 66.5 Å². The lowest BCUT2D eigenvalue weighted by molar-refractivity contribution is 0.0913. The van der Waals surface area contributed by atoms with Crippen molar-refractivity contribution in [2.45, 2.75) is 20.4 Å². The van der Waals surface area contributed by atoms with Crippen molar-refractivity contribution in [1.82, 2.24) is 25.3 Å². The molecule has 0 atom stereocenters. The third kappa shape index (κ3) is 8.09. The molecule has 1 aliphatic heterocycles. The normalized spacial score (nSPS) is 14.5. The molecule has 31 heavy (non-hydrogen) atoms. The van der Waals surface area contributed by atoms with Gasteiger partial charge in [-0.05, 0) is 45.6 Å². The third-order valence-electron chi connectivity index (χ3n) is 4.89. The summed E-state index contributed by atoms with van der Waals surface area (Å²) in [4.78, 5) is 34.9. The number of rotatable bonds is 8. The Balaban J connectivity index is 1.96. The highest BCUT2D eigenvalue weighted by Crippen LogP contribution is 2.09. The van der Waals surface area contributed by atoms with E-state index in [1.165, 1.54) is 0 Å². The van der Waals surface area contributed by atoms with E-state index in [4.69, 9.17) is 9.73 Å². The van der Waals surface area contributed by atoms with Crippen LogP contribution in [0.5, 0.6) is 0 Å². The van der Waals surface area contributed by atoms with Crippen LogP contribution < -0.4 is 10.6 Å². The van der Waals surface area contributed by atoms with Gasteiger partial charge in [-0.25, -0.2) is 9.79 Å². The van der Waals surface area contributed by atoms with E-state index in [1.54, 1.807) is 4.90 Å². The summed E-state index contributed by atoms with van der Waals surface area (Å²) in [5.41, 5.74) is 1.61. The number of aliphatic imine (C=N–C) groups is 1. The molecular formula is C22H36N6O3. The van der Waals surface area contributed by atoms with E-state index in [0.29, 0.717) is 51.4 Å². The predicted octanol–water partition coefficient (Wildman–Crippen LogP) is 1.22. The Morgan fingerprint density at radius 2 is 1.81 bits per heavy atom. The van der Waals surface area contributed by atoms with Gasteiger partial charge in [-0.1, -0.05) is 12.1 Å². The molecule has 0 unspecified atom stereocenters. The highest BCUT2D eigenvalue weighted by Gasteiger charge is 2.23. The van der Waals surface area contributed by atoms with E-state index in [2.05, 4.69) is 15.5 Å². The van der Waals surface area contributed by atoms with Gasteiger partial charge < -0.3 is 30.1 Å². The zero-order valence-corrected chi connectivity index (χ0v) is 19.2. The summed E-state index contributed by atoms with van der Waals surface area (Å²) in [6.45, 7) is 9.45. The van der Waals surface area contributed by atoms with Crippen molar-refractivity contribution >= 4 is 18.0 Å². The quantitative estimate of drug-likeness (QED) is 0.474. The van der Waals surface area contributed by atoms with Crippen molar-refractivity contribution < 1.29 is 14.3 Å². The minimum atomic E-state index is -0.259. The van der Waals surface area contributed by atoms with Gasteiger partial charge in [0.25, 0.3) is 5.91 Å². The lowest BCUT2D eigenvalue weighted by Gasteiger charge is -2.35. The first-order valence-electron chi connectivity index (χ1n) is 10.9. The van der Waals surface area contributed by atoms with Crippen LogP contribution >= 0.6 is 0 Å². The lowest BCUT2D eigenvalue weighted by atomic mass is 10.1. The maximum atomic E-state index is 12.4. The van der Waals surface area contributed by atoms with Gasteiger partial charge in [-0.2, -0.15) is 0 Å². The minimum Gasteiger partial charge on any atom is -0.450 e. The summed E-state index contributed by atoms with van der Waals surface area (Å²) in [5.74, 6) is 0.738. The van der Waals surface area contributed by atoms with E-state index in [-0.39, 0.29) is 12.0 Å². The van der Waals surface area contributed by atoms with Gasteiger partial charge in [0.2, 0.25) is 0 Å². The Hall–Kier alpha value is -2.81. The van der Waals surface area contributed by atoms with Crippen LogP contribution in [0, 0.1) is 0 Å². The third-order valence-corrected chi connectivity index (χ3v) is 4.89. The molecule has 9 heteroatoms. The first kappa shape index (κ1) is 24.5. The predicted molar refractivity (Wildman–Crippen MR) is 122 cm³/mol. The number of amides is 2. The summed E-state index contributed by atoms with van der Waals surface area (Å²) < 4.78 is 5.08. The van der Waals surface area contributed by atoms with E-state index >= 15 is 0 Å². The van der Waals surface area contributed by atoms with Crippen LogP contribution in [0.4, 0.5) is 4.79 Å². The number of hydrogen-bond donors (Lipinski definition) is 2. The molecule has 0 spiro atoms. The molecule has 0 saturated carbocycles. The Morgan fingerprint density at radius 1 is 1.10 bits per heavy atom. The van der Waals surface area contributed by atoms with Gasteiger partial charge in [0.05, 0.1) is 13.2 Å². The fourth-order valence-electron chi connectivity index (χ4n) is 3.21. The Bertz CT molecular complexity index is 745. The molecule has 1 aliphatic rings. The smallest absolute Gasteiger partial charge is 0.409 e. The van der Waals surface area contributed by atoms with E-state index < -0.39 is 0 Å². The number of guanidine groups is 1. The van der Waals surface area contributed by atoms with E-state index in [9.17, 15) is 9.59 Å². The zero-order valence-electron chi connectivity index (χ0n) is 19.2. The van der Waals surface area contributed by atoms with Gasteiger partial charge in [0.1, 0.15) is 0 Å². The van der Waals surface area contributed by atoms with Crippen LogP contribution in [0.2, 0.25) is 0 Å². The highest BCUT2D eigenvalue weighted by atomic mass is 16.6. The standard InChI is InChI=1S/C22H36N6O3/c1-5-23-21(27-12-14-28(15-13-27)22(30)31-6-2)25-17-18-8-7-9-19(16-18)20(29)24-10-11-26(3)4/h7-9,16H,5-6,10-15,17H2,1-4H3,(H,23,25)(H,24,29). The summed E-state index contributed by atoms with van der Waals surface area (Å²) in [6, 6.07) is 7.56. The van der Waals surface area contributed by atoms with Crippen LogP contribution in [-0.4, -0.2) is 99.2 Å². The Morgan fingerprint density at radius 3 is 2.45 bits per heavy atom. The maximum absolute atomic E-state index is 12.4. The van der Waals surface area contributed by atoms with Gasteiger partial charge in [-0.3, -0.25) is 4.79 Å². The molecule has 2 amide bonds. The van der Waals surface area contributed by atoms with E-state index in [1.807, 2.05) is 57.1 Å². The van der Waals surface area contributed by atoms with Crippen molar-refractivity contribution in [2.24, 2.45) is 4.99 Å². The molecule has 1 aromatic rings. The SMILES string of the molecule is CCNC(=NCc1cccc(C(=O)NCCN(C)C)c1)N1CCN(C(=O)OCC)CC1. The van der Waals surface area contributed by atoms with Crippen molar-refractivity contribution in [3.63, 3.8) is 0 Å². The Labute approximate surface area is 185 Å². The first-order valence-corrected chi connectivity index (χ1v) is 10.9. The molecule has 2 N–H and O–H groups in total. The van der Waals surface area contributed by atoms with Crippen molar-refractivity contribution in [3.05, 3.63) is 35.4 Å². The lowest BCUT2D eigenvalue weighted by Crippen LogP contribution is -2.53. The second-order valence-electron chi connectivity index (χ2n) is 7.60. The molecule has 172 valence electrons. The van der Waals surface area contributed by atoms with Gasteiger partial charge in [-0.15, -0.1) is 0 Å². The van der Waals surface area contributed by atoms with Crippen LogP contribution in [0.15, 0.2) is 29.3 Å². The zero-order chi connectivity index (χ0) is 22.6. The fourth-order valence-corrected chi connectivity index (χ4v) is 3.21. The topological polar surface area (TPSA) is 89.5 Å². The van der Waals surface area contributed by atoms with Crippen LogP contribution in [0.3, 0.4) is 0 Å². The Kier molecular flexibility index (Phi) is 10.1. The number of benzene rings is 1. The molecular weight excluding hydrogens is 396 g/mol.